The lowest BCUT2D eigenvalue weighted by Crippen LogP contribution is -2.38. The normalized spacial score (nSPS) is 12.0. The SMILES string of the molecule is COC[C@H](C)NC(=O)Nc1ccc(Br)cc1Cl. The van der Waals surface area contributed by atoms with E-state index in [2.05, 4.69) is 26.6 Å². The van der Waals surface area contributed by atoms with E-state index < -0.39 is 0 Å². The van der Waals surface area contributed by atoms with Crippen molar-refractivity contribution >= 4 is 39.2 Å². The summed E-state index contributed by atoms with van der Waals surface area (Å²) < 4.78 is 5.78. The third-order valence-electron chi connectivity index (χ3n) is 1.97. The molecule has 1 rings (SSSR count). The number of halogens is 2. The van der Waals surface area contributed by atoms with Crippen molar-refractivity contribution < 1.29 is 9.53 Å². The second-order valence-electron chi connectivity index (χ2n) is 3.58. The summed E-state index contributed by atoms with van der Waals surface area (Å²) in [5.74, 6) is 0. The van der Waals surface area contributed by atoms with Crippen molar-refractivity contribution in [1.29, 1.82) is 0 Å². The van der Waals surface area contributed by atoms with Crippen LogP contribution in [-0.4, -0.2) is 25.8 Å². The van der Waals surface area contributed by atoms with Gasteiger partial charge in [0, 0.05) is 11.6 Å². The predicted molar refractivity (Wildman–Crippen MR) is 72.6 cm³/mol. The van der Waals surface area contributed by atoms with Gasteiger partial charge in [-0.1, -0.05) is 27.5 Å². The van der Waals surface area contributed by atoms with E-state index in [0.717, 1.165) is 4.47 Å². The Labute approximate surface area is 114 Å². The quantitative estimate of drug-likeness (QED) is 0.894. The summed E-state index contributed by atoms with van der Waals surface area (Å²) in [4.78, 5) is 11.6. The van der Waals surface area contributed by atoms with E-state index in [9.17, 15) is 4.79 Å². The van der Waals surface area contributed by atoms with Crippen LogP contribution in [0.2, 0.25) is 5.02 Å². The molecular formula is C11H14BrClN2O2. The summed E-state index contributed by atoms with van der Waals surface area (Å²) in [5, 5.41) is 5.87. The van der Waals surface area contributed by atoms with E-state index in [0.29, 0.717) is 17.3 Å². The van der Waals surface area contributed by atoms with Crippen molar-refractivity contribution in [2.45, 2.75) is 13.0 Å². The number of methoxy groups -OCH3 is 1. The minimum atomic E-state index is -0.307. The van der Waals surface area contributed by atoms with Crippen LogP contribution in [0.25, 0.3) is 0 Å². The van der Waals surface area contributed by atoms with Crippen molar-refractivity contribution in [2.75, 3.05) is 19.0 Å². The molecular weight excluding hydrogens is 307 g/mol. The highest BCUT2D eigenvalue weighted by molar-refractivity contribution is 9.10. The number of urea groups is 1. The van der Waals surface area contributed by atoms with Crippen LogP contribution < -0.4 is 10.6 Å². The lowest BCUT2D eigenvalue weighted by atomic mass is 10.3. The Kier molecular flexibility index (Phi) is 5.74. The third-order valence-corrected chi connectivity index (χ3v) is 2.78. The molecule has 94 valence electrons. The van der Waals surface area contributed by atoms with Gasteiger partial charge in [-0.25, -0.2) is 4.79 Å². The number of nitrogens with one attached hydrogen (secondary N) is 2. The fraction of sp³-hybridized carbons (Fsp3) is 0.364. The number of ether oxygens (including phenoxy) is 1. The lowest BCUT2D eigenvalue weighted by Gasteiger charge is -2.14. The zero-order valence-electron chi connectivity index (χ0n) is 9.59. The number of hydrogen-bond donors (Lipinski definition) is 2. The molecule has 0 saturated carbocycles. The molecule has 0 radical (unpaired) electrons. The largest absolute Gasteiger partial charge is 0.383 e. The highest BCUT2D eigenvalue weighted by Gasteiger charge is 2.08. The molecule has 17 heavy (non-hydrogen) atoms. The third kappa shape index (κ3) is 4.93. The highest BCUT2D eigenvalue weighted by Crippen LogP contribution is 2.25. The van der Waals surface area contributed by atoms with Gasteiger partial charge >= 0.3 is 6.03 Å². The number of carbonyl (C=O) groups is 1. The van der Waals surface area contributed by atoms with E-state index >= 15 is 0 Å². The molecule has 2 N–H and O–H groups in total. The van der Waals surface area contributed by atoms with Gasteiger partial charge in [-0.3, -0.25) is 0 Å². The number of benzene rings is 1. The summed E-state index contributed by atoms with van der Waals surface area (Å²) in [6, 6.07) is 4.89. The van der Waals surface area contributed by atoms with Gasteiger partial charge in [-0.05, 0) is 25.1 Å². The summed E-state index contributed by atoms with van der Waals surface area (Å²) >= 11 is 9.27. The molecule has 0 fully saturated rings. The Hall–Kier alpha value is -0.780. The first-order chi connectivity index (χ1) is 8.02. The van der Waals surface area contributed by atoms with Crippen molar-refractivity contribution in [2.24, 2.45) is 0 Å². The summed E-state index contributed by atoms with van der Waals surface area (Å²) in [5.41, 5.74) is 0.567. The van der Waals surface area contributed by atoms with Crippen LogP contribution in [0, 0.1) is 0 Å². The Morgan fingerprint density at radius 2 is 2.29 bits per heavy atom. The van der Waals surface area contributed by atoms with Gasteiger partial charge in [0.1, 0.15) is 0 Å². The molecule has 0 aliphatic carbocycles. The van der Waals surface area contributed by atoms with Crippen LogP contribution >= 0.6 is 27.5 Å². The van der Waals surface area contributed by atoms with Crippen molar-refractivity contribution in [3.8, 4) is 0 Å². The average molecular weight is 322 g/mol. The highest BCUT2D eigenvalue weighted by atomic mass is 79.9. The molecule has 0 aliphatic heterocycles. The van der Waals surface area contributed by atoms with Gasteiger partial charge in [0.15, 0.2) is 0 Å². The number of amides is 2. The Balaban J connectivity index is 2.56. The molecule has 0 unspecified atom stereocenters. The van der Waals surface area contributed by atoms with Gasteiger partial charge in [0.05, 0.1) is 23.4 Å². The molecule has 0 spiro atoms. The van der Waals surface area contributed by atoms with E-state index in [-0.39, 0.29) is 12.1 Å². The number of carbonyl (C=O) groups excluding carboxylic acids is 1. The maximum atomic E-state index is 11.6. The Bertz CT molecular complexity index is 401. The molecule has 1 aromatic rings. The number of hydrogen-bond acceptors (Lipinski definition) is 2. The molecule has 0 heterocycles. The first-order valence-corrected chi connectivity index (χ1v) is 6.21. The van der Waals surface area contributed by atoms with Crippen LogP contribution in [0.3, 0.4) is 0 Å². The van der Waals surface area contributed by atoms with E-state index in [1.165, 1.54) is 0 Å². The molecule has 2 amide bonds. The number of rotatable bonds is 4. The Morgan fingerprint density at radius 1 is 1.59 bits per heavy atom. The second-order valence-corrected chi connectivity index (χ2v) is 4.90. The second kappa shape index (κ2) is 6.83. The van der Waals surface area contributed by atoms with Gasteiger partial charge in [0.25, 0.3) is 0 Å². The molecule has 1 aromatic carbocycles. The monoisotopic (exact) mass is 320 g/mol. The predicted octanol–water partition coefficient (Wildman–Crippen LogP) is 3.26. The van der Waals surface area contributed by atoms with E-state index in [1.807, 2.05) is 6.92 Å². The summed E-state index contributed by atoms with van der Waals surface area (Å²) in [7, 11) is 1.58. The maximum absolute atomic E-state index is 11.6. The summed E-state index contributed by atoms with van der Waals surface area (Å²) in [6.45, 7) is 2.31. The molecule has 0 aliphatic rings. The van der Waals surface area contributed by atoms with Crippen LogP contribution in [0.4, 0.5) is 10.5 Å². The first kappa shape index (κ1) is 14.3. The molecule has 1 atom stereocenters. The van der Waals surface area contributed by atoms with Crippen molar-refractivity contribution in [3.05, 3.63) is 27.7 Å². The van der Waals surface area contributed by atoms with E-state index in [1.54, 1.807) is 25.3 Å². The minimum Gasteiger partial charge on any atom is -0.383 e. The minimum absolute atomic E-state index is 0.0609. The zero-order chi connectivity index (χ0) is 12.8. The van der Waals surface area contributed by atoms with Crippen molar-refractivity contribution in [3.63, 3.8) is 0 Å². The van der Waals surface area contributed by atoms with Crippen LogP contribution in [0.5, 0.6) is 0 Å². The van der Waals surface area contributed by atoms with Gasteiger partial charge in [-0.15, -0.1) is 0 Å². The van der Waals surface area contributed by atoms with Crippen molar-refractivity contribution in [1.82, 2.24) is 5.32 Å². The van der Waals surface area contributed by atoms with Crippen LogP contribution in [-0.2, 0) is 4.74 Å². The lowest BCUT2D eigenvalue weighted by molar-refractivity contribution is 0.173. The molecule has 0 aromatic heterocycles. The fourth-order valence-corrected chi connectivity index (χ4v) is 1.99. The van der Waals surface area contributed by atoms with Gasteiger partial charge < -0.3 is 15.4 Å². The van der Waals surface area contributed by atoms with Crippen LogP contribution in [0.1, 0.15) is 6.92 Å². The average Bonchev–Trinajstić information content (AvgIpc) is 2.22. The maximum Gasteiger partial charge on any atom is 0.319 e. The topological polar surface area (TPSA) is 50.4 Å². The fourth-order valence-electron chi connectivity index (χ4n) is 1.26. The molecule has 6 heteroatoms. The van der Waals surface area contributed by atoms with Crippen LogP contribution in [0.15, 0.2) is 22.7 Å². The summed E-state index contributed by atoms with van der Waals surface area (Å²) in [6.07, 6.45) is 0. The van der Waals surface area contributed by atoms with Gasteiger partial charge in [0.2, 0.25) is 0 Å². The molecule has 0 bridgehead atoms. The molecule has 0 saturated heterocycles. The zero-order valence-corrected chi connectivity index (χ0v) is 11.9. The smallest absolute Gasteiger partial charge is 0.319 e. The Morgan fingerprint density at radius 3 is 2.88 bits per heavy atom. The standard InChI is InChI=1S/C11H14BrClN2O2/c1-7(6-17-2)14-11(16)15-10-4-3-8(12)5-9(10)13/h3-5,7H,6H2,1-2H3,(H2,14,15,16)/t7-/m0/s1. The first-order valence-electron chi connectivity index (χ1n) is 5.04. The van der Waals surface area contributed by atoms with E-state index in [4.69, 9.17) is 16.3 Å². The van der Waals surface area contributed by atoms with Gasteiger partial charge in [-0.2, -0.15) is 0 Å². The number of anilines is 1. The molecule has 4 nitrogen and oxygen atoms in total.